The third-order valence-electron chi connectivity index (χ3n) is 3.24. The van der Waals surface area contributed by atoms with Gasteiger partial charge in [0, 0.05) is 64.4 Å². The van der Waals surface area contributed by atoms with Crippen LogP contribution in [0.2, 0.25) is 0 Å². The van der Waals surface area contributed by atoms with E-state index < -0.39 is 0 Å². The van der Waals surface area contributed by atoms with Crippen molar-refractivity contribution in [1.29, 1.82) is 5.26 Å². The van der Waals surface area contributed by atoms with Crippen LogP contribution in [0.1, 0.15) is 13.8 Å². The Kier molecular flexibility index (Phi) is 29.9. The standard InChI is InChI=1S/C12H29N5.CHNS.CNS.Mn/c1-11-12(2)17-10-8-15-6-4-13-3-5-14-7-9-16-11;2*2-1-3;/h11-17H,3-10H2,1-2H3;3H;;/q;;-1;+3/p-1/t11-,12-;;;/m0.../s1. The number of nitrogens with zero attached hydrogens (tertiary/aromatic N) is 2. The van der Waals surface area contributed by atoms with E-state index in [0.717, 1.165) is 52.4 Å². The van der Waals surface area contributed by atoms with Crippen molar-refractivity contribution in [1.82, 2.24) is 26.6 Å². The molecule has 0 spiro atoms. The average molecular weight is 415 g/mol. The molecule has 0 amide bonds. The average Bonchev–Trinajstić information content (AvgIpc) is 2.52. The summed E-state index contributed by atoms with van der Waals surface area (Å²) in [5.41, 5.74) is 0. The first-order chi connectivity index (χ1) is 11.1. The quantitative estimate of drug-likeness (QED) is 0.118. The number of isothiocyanates is 1. The summed E-state index contributed by atoms with van der Waals surface area (Å²) in [5.74, 6) is 0. The number of thiocarbonyl (C=S) groups is 1. The molecule has 5 N–H and O–H groups in total. The molecule has 1 aliphatic rings. The van der Waals surface area contributed by atoms with Crippen molar-refractivity contribution in [2.75, 3.05) is 52.4 Å². The summed E-state index contributed by atoms with van der Waals surface area (Å²) in [6.07, 6.45) is 0. The molecule has 1 saturated heterocycles. The number of hydrogen-bond donors (Lipinski definition) is 5. The Labute approximate surface area is 167 Å². The van der Waals surface area contributed by atoms with Gasteiger partial charge in [-0.05, 0) is 13.8 Å². The van der Waals surface area contributed by atoms with Crippen LogP contribution < -0.4 is 26.6 Å². The van der Waals surface area contributed by atoms with E-state index in [0.29, 0.717) is 12.1 Å². The van der Waals surface area contributed by atoms with Gasteiger partial charge in [-0.3, -0.25) is 0 Å². The van der Waals surface area contributed by atoms with Crippen molar-refractivity contribution in [2.24, 2.45) is 0 Å². The van der Waals surface area contributed by atoms with Crippen LogP contribution in [0.15, 0.2) is 0 Å². The van der Waals surface area contributed by atoms with Crippen LogP contribution in [-0.4, -0.2) is 69.6 Å². The molecule has 1 fully saturated rings. The summed E-state index contributed by atoms with van der Waals surface area (Å²) >= 11 is 7.40. The number of nitriles is 1. The fraction of sp³-hybridized carbons (Fsp3) is 0.857. The Bertz CT molecular complexity index is 305. The molecule has 1 heterocycles. The summed E-state index contributed by atoms with van der Waals surface area (Å²) in [5, 5.41) is 34.3. The molecule has 24 heavy (non-hydrogen) atoms. The second-order valence-electron chi connectivity index (χ2n) is 4.92. The molecule has 0 bridgehead atoms. The van der Waals surface area contributed by atoms with E-state index in [4.69, 9.17) is 10.7 Å². The molecular weight excluding hydrogens is 385 g/mol. The van der Waals surface area contributed by atoms with Crippen molar-refractivity contribution in [3.63, 3.8) is 0 Å². The van der Waals surface area contributed by atoms with Crippen molar-refractivity contribution >= 4 is 30.0 Å². The molecule has 7 nitrogen and oxygen atoms in total. The van der Waals surface area contributed by atoms with E-state index in [1.165, 1.54) is 10.6 Å². The zero-order valence-electron chi connectivity index (χ0n) is 14.4. The number of nitrogens with one attached hydrogen (secondary N) is 5. The van der Waals surface area contributed by atoms with Gasteiger partial charge >= 0.3 is 17.1 Å². The largest absolute Gasteiger partial charge is 3.00 e. The van der Waals surface area contributed by atoms with Crippen LogP contribution in [0.3, 0.4) is 0 Å². The maximum absolute atomic E-state index is 7.13. The molecule has 138 valence electrons. The van der Waals surface area contributed by atoms with Crippen molar-refractivity contribution in [3.8, 4) is 5.40 Å². The van der Waals surface area contributed by atoms with Crippen LogP contribution in [0.5, 0.6) is 0 Å². The van der Waals surface area contributed by atoms with Gasteiger partial charge < -0.3 is 44.6 Å². The molecule has 0 radical (unpaired) electrons. The Balaban J connectivity index is -0.000000550. The molecule has 0 aliphatic carbocycles. The topological polar surface area (TPSA) is 106 Å². The molecule has 1 rings (SSSR count). The molecule has 0 aromatic rings. The molecule has 2 atom stereocenters. The maximum atomic E-state index is 7.13. The number of thiocyanates is 1. The Morgan fingerprint density at radius 1 is 0.875 bits per heavy atom. The maximum Gasteiger partial charge on any atom is 3.00 e. The predicted molar refractivity (Wildman–Crippen MR) is 102 cm³/mol. The van der Waals surface area contributed by atoms with E-state index in [1.54, 1.807) is 0 Å². The van der Waals surface area contributed by atoms with Crippen molar-refractivity contribution in [2.45, 2.75) is 25.9 Å². The monoisotopic (exact) mass is 414 g/mol. The molecule has 0 unspecified atom stereocenters. The molecule has 1 aliphatic heterocycles. The van der Waals surface area contributed by atoms with E-state index in [2.05, 4.69) is 65.3 Å². The van der Waals surface area contributed by atoms with E-state index in [9.17, 15) is 0 Å². The van der Waals surface area contributed by atoms with Gasteiger partial charge in [0.1, 0.15) is 0 Å². The van der Waals surface area contributed by atoms with Crippen molar-refractivity contribution in [3.05, 3.63) is 5.41 Å². The Hall–Kier alpha value is -0.171. The van der Waals surface area contributed by atoms with Crippen LogP contribution >= 0.6 is 12.2 Å². The predicted octanol–water partition coefficient (Wildman–Crippen LogP) is -0.605. The Morgan fingerprint density at radius 2 is 1.08 bits per heavy atom. The third-order valence-corrected chi connectivity index (χ3v) is 3.24. The van der Waals surface area contributed by atoms with E-state index in [1.807, 2.05) is 0 Å². The first-order valence-corrected chi connectivity index (χ1v) is 8.57. The molecule has 0 aromatic heterocycles. The Morgan fingerprint density at radius 3 is 1.33 bits per heavy atom. The molecule has 0 aromatic carbocycles. The zero-order valence-corrected chi connectivity index (χ0v) is 17.2. The van der Waals surface area contributed by atoms with Gasteiger partial charge in [0.25, 0.3) is 0 Å². The van der Waals surface area contributed by atoms with E-state index >= 15 is 0 Å². The fourth-order valence-electron chi connectivity index (χ4n) is 1.86. The van der Waals surface area contributed by atoms with Gasteiger partial charge in [0.05, 0.1) is 0 Å². The minimum atomic E-state index is 0. The third kappa shape index (κ3) is 24.1. The number of rotatable bonds is 0. The molecule has 0 saturated carbocycles. The normalized spacial score (nSPS) is 22.9. The van der Waals surface area contributed by atoms with Crippen LogP contribution in [-0.2, 0) is 29.7 Å². The zero-order chi connectivity index (χ0) is 17.8. The summed E-state index contributed by atoms with van der Waals surface area (Å²) in [6, 6.07) is 1.03. The fourth-order valence-corrected chi connectivity index (χ4v) is 1.86. The minimum absolute atomic E-state index is 0. The SMILES string of the molecule is C[C@@H]1NCCNCCNCCNCCN[C@H]1C.N#C[S-].[Mn+3].[N-]=C=S. The van der Waals surface area contributed by atoms with Crippen LogP contribution in [0.25, 0.3) is 5.41 Å². The van der Waals surface area contributed by atoms with E-state index in [-0.39, 0.29) is 17.1 Å². The van der Waals surface area contributed by atoms with Gasteiger partial charge in [-0.25, -0.2) is 5.26 Å². The first-order valence-electron chi connectivity index (χ1n) is 7.75. The van der Waals surface area contributed by atoms with Gasteiger partial charge in [0.2, 0.25) is 0 Å². The van der Waals surface area contributed by atoms with Gasteiger partial charge in [-0.1, -0.05) is 17.6 Å². The molecule has 10 heteroatoms. The van der Waals surface area contributed by atoms with Crippen LogP contribution in [0, 0.1) is 10.7 Å². The number of hydrogen-bond acceptors (Lipinski definition) is 8. The summed E-state index contributed by atoms with van der Waals surface area (Å²) in [4.78, 5) is 0. The smallest absolute Gasteiger partial charge is 0.753 e. The minimum Gasteiger partial charge on any atom is -0.753 e. The van der Waals surface area contributed by atoms with Gasteiger partial charge in [-0.15, -0.1) is 0 Å². The van der Waals surface area contributed by atoms with Gasteiger partial charge in [-0.2, -0.15) is 5.16 Å². The second-order valence-corrected chi connectivity index (χ2v) is 5.28. The summed E-state index contributed by atoms with van der Waals surface area (Å²) in [7, 11) is 0. The van der Waals surface area contributed by atoms with Gasteiger partial charge in [0.15, 0.2) is 0 Å². The summed E-state index contributed by atoms with van der Waals surface area (Å²) < 4.78 is 0. The van der Waals surface area contributed by atoms with Crippen LogP contribution in [0.4, 0.5) is 0 Å². The van der Waals surface area contributed by atoms with Crippen molar-refractivity contribution < 1.29 is 17.1 Å². The second kappa shape index (κ2) is 25.1. The molecular formula is C14H29MnN7S2+. The summed E-state index contributed by atoms with van der Waals surface area (Å²) in [6.45, 7) is 12.8. The first kappa shape index (κ1) is 28.6.